The fourth-order valence-corrected chi connectivity index (χ4v) is 2.66. The van der Waals surface area contributed by atoms with Crippen molar-refractivity contribution < 1.29 is 123 Å². The van der Waals surface area contributed by atoms with Crippen LogP contribution in [0.4, 0.5) is 0 Å². The molecule has 0 radical (unpaired) electrons. The molecule has 0 spiro atoms. The maximum atomic E-state index is 10.2. The second kappa shape index (κ2) is 25.2. The van der Waals surface area contributed by atoms with E-state index in [4.69, 9.17) is 0 Å². The van der Waals surface area contributed by atoms with Crippen molar-refractivity contribution in [2.75, 3.05) is 0 Å². The van der Waals surface area contributed by atoms with Crippen LogP contribution in [0.2, 0.25) is 0 Å². The topological polar surface area (TPSA) is 80.3 Å². The third kappa shape index (κ3) is 29.0. The molecule has 0 saturated carbocycles. The molecule has 24 heavy (non-hydrogen) atoms. The second-order valence-corrected chi connectivity index (χ2v) is 6.19. The average molecular weight is 391 g/mol. The SMILES string of the molecule is O=C([O-])CCCCCCCCCCCCCCCCC(=O)[O-].[K+].[K+]. The molecular weight excluding hydrogens is 358 g/mol. The molecule has 0 aliphatic carbocycles. The molecule has 4 nitrogen and oxygen atoms in total. The monoisotopic (exact) mass is 390 g/mol. The summed E-state index contributed by atoms with van der Waals surface area (Å²) in [5.41, 5.74) is 0. The van der Waals surface area contributed by atoms with Crippen molar-refractivity contribution in [2.45, 2.75) is 103 Å². The van der Waals surface area contributed by atoms with E-state index in [-0.39, 0.29) is 116 Å². The molecule has 0 aliphatic rings. The van der Waals surface area contributed by atoms with Crippen molar-refractivity contribution in [3.05, 3.63) is 0 Å². The van der Waals surface area contributed by atoms with E-state index in [9.17, 15) is 19.8 Å². The Hall–Kier alpha value is 2.21. The molecule has 0 aliphatic heterocycles. The summed E-state index contributed by atoms with van der Waals surface area (Å²) in [6.07, 6.45) is 16.3. The van der Waals surface area contributed by atoms with Gasteiger partial charge in [0.1, 0.15) is 0 Å². The van der Waals surface area contributed by atoms with Crippen LogP contribution in [-0.4, -0.2) is 11.9 Å². The summed E-state index contributed by atoms with van der Waals surface area (Å²) in [4.78, 5) is 20.4. The maximum absolute atomic E-state index is 10.2. The van der Waals surface area contributed by atoms with E-state index < -0.39 is 11.9 Å². The number of rotatable bonds is 17. The van der Waals surface area contributed by atoms with Crippen LogP contribution >= 0.6 is 0 Å². The van der Waals surface area contributed by atoms with E-state index in [1.165, 1.54) is 51.4 Å². The van der Waals surface area contributed by atoms with Gasteiger partial charge in [-0.2, -0.15) is 0 Å². The first-order valence-electron chi connectivity index (χ1n) is 9.02. The minimum Gasteiger partial charge on any atom is -0.550 e. The Bertz CT molecular complexity index is 258. The van der Waals surface area contributed by atoms with Crippen molar-refractivity contribution in [3.63, 3.8) is 0 Å². The Morgan fingerprint density at radius 3 is 0.750 bits per heavy atom. The zero-order valence-corrected chi connectivity index (χ0v) is 22.2. The summed E-state index contributed by atoms with van der Waals surface area (Å²) in [6.45, 7) is 0. The molecule has 0 fully saturated rings. The summed E-state index contributed by atoms with van der Waals surface area (Å²) in [5, 5.41) is 20.4. The van der Waals surface area contributed by atoms with Gasteiger partial charge in [-0.25, -0.2) is 0 Å². The van der Waals surface area contributed by atoms with Gasteiger partial charge >= 0.3 is 103 Å². The molecular formula is C18H32K2O4. The zero-order chi connectivity index (χ0) is 16.5. The van der Waals surface area contributed by atoms with Gasteiger partial charge in [0.15, 0.2) is 0 Å². The van der Waals surface area contributed by atoms with Crippen LogP contribution in [0.15, 0.2) is 0 Å². The van der Waals surface area contributed by atoms with Gasteiger partial charge in [0, 0.05) is 11.9 Å². The largest absolute Gasteiger partial charge is 1.00 e. The summed E-state index contributed by atoms with van der Waals surface area (Å²) >= 11 is 0. The van der Waals surface area contributed by atoms with Gasteiger partial charge in [0.2, 0.25) is 0 Å². The summed E-state index contributed by atoms with van der Waals surface area (Å²) in [6, 6.07) is 0. The molecule has 0 amide bonds. The number of carboxylic acids is 2. The number of hydrogen-bond donors (Lipinski definition) is 0. The fourth-order valence-electron chi connectivity index (χ4n) is 2.66. The number of aliphatic carboxylic acids is 2. The Labute approximate surface area is 233 Å². The third-order valence-corrected chi connectivity index (χ3v) is 4.01. The predicted molar refractivity (Wildman–Crippen MR) is 83.9 cm³/mol. The third-order valence-electron chi connectivity index (χ3n) is 4.01. The smallest absolute Gasteiger partial charge is 0.550 e. The van der Waals surface area contributed by atoms with E-state index in [1.807, 2.05) is 0 Å². The number of hydrogen-bond acceptors (Lipinski definition) is 4. The predicted octanol–water partition coefficient (Wildman–Crippen LogP) is -3.26. The van der Waals surface area contributed by atoms with E-state index in [0.717, 1.165) is 38.5 Å². The minimum absolute atomic E-state index is 0. The number of carbonyl (C=O) groups excluding carboxylic acids is 2. The van der Waals surface area contributed by atoms with Gasteiger partial charge in [0.05, 0.1) is 0 Å². The standard InChI is InChI=1S/C18H34O4.2K/c19-17(20)15-13-11-9-7-5-3-1-2-4-6-8-10-12-14-16-18(21)22;;/h1-16H2,(H,19,20)(H,21,22);;/q;2*+1/p-2. The summed E-state index contributed by atoms with van der Waals surface area (Å²) < 4.78 is 0. The van der Waals surface area contributed by atoms with Crippen molar-refractivity contribution in [3.8, 4) is 0 Å². The van der Waals surface area contributed by atoms with Crippen LogP contribution in [0.3, 0.4) is 0 Å². The van der Waals surface area contributed by atoms with Crippen LogP contribution in [0.5, 0.6) is 0 Å². The molecule has 6 heteroatoms. The molecule has 0 saturated heterocycles. The Morgan fingerprint density at radius 2 is 0.583 bits per heavy atom. The fraction of sp³-hybridized carbons (Fsp3) is 0.889. The first-order chi connectivity index (χ1) is 10.6. The molecule has 0 rings (SSSR count). The van der Waals surface area contributed by atoms with Crippen molar-refractivity contribution in [2.24, 2.45) is 0 Å². The molecule has 0 heterocycles. The molecule has 0 aromatic carbocycles. The zero-order valence-electron chi connectivity index (χ0n) is 15.9. The van der Waals surface area contributed by atoms with Gasteiger partial charge in [-0.05, 0) is 25.7 Å². The molecule has 0 aromatic rings. The van der Waals surface area contributed by atoms with Crippen LogP contribution in [0.1, 0.15) is 103 Å². The molecule has 0 bridgehead atoms. The van der Waals surface area contributed by atoms with Crippen LogP contribution in [0.25, 0.3) is 0 Å². The minimum atomic E-state index is -0.932. The van der Waals surface area contributed by atoms with Gasteiger partial charge in [0.25, 0.3) is 0 Å². The quantitative estimate of drug-likeness (QED) is 0.193. The van der Waals surface area contributed by atoms with Gasteiger partial charge in [-0.15, -0.1) is 0 Å². The van der Waals surface area contributed by atoms with Crippen LogP contribution < -0.4 is 113 Å². The normalized spacial score (nSPS) is 9.83. The molecule has 0 unspecified atom stereocenters. The van der Waals surface area contributed by atoms with Gasteiger partial charge < -0.3 is 19.8 Å². The van der Waals surface area contributed by atoms with Crippen molar-refractivity contribution >= 4 is 11.9 Å². The second-order valence-electron chi connectivity index (χ2n) is 6.19. The Kier molecular flexibility index (Phi) is 32.5. The summed E-state index contributed by atoms with van der Waals surface area (Å²) in [7, 11) is 0. The van der Waals surface area contributed by atoms with Crippen molar-refractivity contribution in [1.82, 2.24) is 0 Å². The number of unbranched alkanes of at least 4 members (excludes halogenated alkanes) is 13. The molecule has 0 N–H and O–H groups in total. The molecule has 0 aromatic heterocycles. The first kappa shape index (κ1) is 30.9. The van der Waals surface area contributed by atoms with E-state index >= 15 is 0 Å². The van der Waals surface area contributed by atoms with E-state index in [1.54, 1.807) is 0 Å². The first-order valence-corrected chi connectivity index (χ1v) is 9.02. The number of carbonyl (C=O) groups is 2. The Morgan fingerprint density at radius 1 is 0.417 bits per heavy atom. The van der Waals surface area contributed by atoms with Gasteiger partial charge in [-0.3, -0.25) is 0 Å². The molecule has 0 atom stereocenters. The van der Waals surface area contributed by atoms with Crippen LogP contribution in [0, 0.1) is 0 Å². The molecule has 130 valence electrons. The number of carboxylic acid groups (broad SMARTS) is 2. The maximum Gasteiger partial charge on any atom is 1.00 e. The van der Waals surface area contributed by atoms with E-state index in [0.29, 0.717) is 0 Å². The summed E-state index contributed by atoms with van der Waals surface area (Å²) in [5.74, 6) is -1.86. The van der Waals surface area contributed by atoms with Crippen molar-refractivity contribution in [1.29, 1.82) is 0 Å². The van der Waals surface area contributed by atoms with Crippen LogP contribution in [-0.2, 0) is 9.59 Å². The van der Waals surface area contributed by atoms with Gasteiger partial charge in [-0.1, -0.05) is 77.0 Å². The average Bonchev–Trinajstić information content (AvgIpc) is 2.46. The van der Waals surface area contributed by atoms with E-state index in [2.05, 4.69) is 0 Å². The Balaban J connectivity index is -0.00000220.